The van der Waals surface area contributed by atoms with E-state index in [9.17, 15) is 4.39 Å². The molecule has 1 nitrogen and oxygen atoms in total. The largest absolute Gasteiger partial charge is 0.344 e. The van der Waals surface area contributed by atoms with E-state index in [1.165, 1.54) is 19.3 Å². The van der Waals surface area contributed by atoms with Crippen molar-refractivity contribution >= 4 is 10.9 Å². The summed E-state index contributed by atoms with van der Waals surface area (Å²) >= 11 is 0. The number of benzene rings is 1. The molecule has 18 heavy (non-hydrogen) atoms. The molecule has 0 radical (unpaired) electrons. The summed E-state index contributed by atoms with van der Waals surface area (Å²) in [7, 11) is 0. The van der Waals surface area contributed by atoms with Crippen molar-refractivity contribution in [2.75, 3.05) is 0 Å². The fourth-order valence-corrected chi connectivity index (χ4v) is 3.57. The van der Waals surface area contributed by atoms with Crippen molar-refractivity contribution < 1.29 is 4.39 Å². The van der Waals surface area contributed by atoms with Gasteiger partial charge in [-0.25, -0.2) is 4.39 Å². The number of halogens is 1. The van der Waals surface area contributed by atoms with Crippen LogP contribution in [-0.4, -0.2) is 4.57 Å². The Morgan fingerprint density at radius 1 is 1.06 bits per heavy atom. The zero-order chi connectivity index (χ0) is 12.7. The van der Waals surface area contributed by atoms with Gasteiger partial charge in [0, 0.05) is 12.2 Å². The van der Waals surface area contributed by atoms with Crippen LogP contribution in [0.1, 0.15) is 39.2 Å². The Kier molecular flexibility index (Phi) is 2.89. The van der Waals surface area contributed by atoms with Gasteiger partial charge in [-0.05, 0) is 60.7 Å². The van der Waals surface area contributed by atoms with Gasteiger partial charge in [0.15, 0.2) is 0 Å². The Bertz CT molecular complexity index is 547. The molecular weight excluding hydrogens is 225 g/mol. The average Bonchev–Trinajstić information content (AvgIpc) is 2.70. The van der Waals surface area contributed by atoms with Gasteiger partial charge in [-0.3, -0.25) is 0 Å². The van der Waals surface area contributed by atoms with Crippen LogP contribution in [0.25, 0.3) is 10.9 Å². The van der Waals surface area contributed by atoms with Gasteiger partial charge >= 0.3 is 0 Å². The van der Waals surface area contributed by atoms with Crippen molar-refractivity contribution in [3.05, 3.63) is 36.3 Å². The Balaban J connectivity index is 2.00. The molecule has 1 aromatic heterocycles. The molecule has 0 N–H and O–H groups in total. The van der Waals surface area contributed by atoms with Crippen molar-refractivity contribution in [1.29, 1.82) is 0 Å². The van der Waals surface area contributed by atoms with Gasteiger partial charge in [0.1, 0.15) is 5.82 Å². The lowest BCUT2D eigenvalue weighted by Crippen LogP contribution is -2.22. The van der Waals surface area contributed by atoms with Crippen molar-refractivity contribution in [2.24, 2.45) is 11.8 Å². The van der Waals surface area contributed by atoms with E-state index in [-0.39, 0.29) is 5.82 Å². The highest BCUT2D eigenvalue weighted by Crippen LogP contribution is 2.37. The summed E-state index contributed by atoms with van der Waals surface area (Å²) in [6.07, 6.45) is 5.87. The molecule has 2 heteroatoms. The van der Waals surface area contributed by atoms with E-state index in [4.69, 9.17) is 0 Å². The number of nitrogens with zero attached hydrogens (tertiary/aromatic N) is 1. The fraction of sp³-hybridized carbons (Fsp3) is 0.500. The van der Waals surface area contributed by atoms with E-state index in [2.05, 4.69) is 30.7 Å². The number of fused-ring (bicyclic) bond motifs is 1. The summed E-state index contributed by atoms with van der Waals surface area (Å²) < 4.78 is 15.7. The van der Waals surface area contributed by atoms with Gasteiger partial charge in [-0.15, -0.1) is 0 Å². The zero-order valence-corrected chi connectivity index (χ0v) is 11.1. The Labute approximate surface area is 108 Å². The molecule has 1 heterocycles. The van der Waals surface area contributed by atoms with Gasteiger partial charge in [0.2, 0.25) is 0 Å². The fourth-order valence-electron chi connectivity index (χ4n) is 3.57. The molecule has 1 fully saturated rings. The lowest BCUT2D eigenvalue weighted by Gasteiger charge is -2.33. The lowest BCUT2D eigenvalue weighted by atomic mass is 9.80. The van der Waals surface area contributed by atoms with Crippen molar-refractivity contribution in [1.82, 2.24) is 4.57 Å². The Hall–Kier alpha value is -1.31. The molecule has 0 saturated heterocycles. The van der Waals surface area contributed by atoms with Gasteiger partial charge in [0.25, 0.3) is 0 Å². The minimum absolute atomic E-state index is 0.139. The minimum Gasteiger partial charge on any atom is -0.344 e. The molecule has 0 spiro atoms. The van der Waals surface area contributed by atoms with Crippen LogP contribution in [0.15, 0.2) is 30.5 Å². The summed E-state index contributed by atoms with van der Waals surface area (Å²) in [6, 6.07) is 7.70. The highest BCUT2D eigenvalue weighted by Gasteiger charge is 2.25. The smallest absolute Gasteiger partial charge is 0.125 e. The average molecular weight is 245 g/mol. The van der Waals surface area contributed by atoms with Crippen molar-refractivity contribution in [3.63, 3.8) is 0 Å². The number of rotatable bonds is 1. The lowest BCUT2D eigenvalue weighted by molar-refractivity contribution is 0.225. The maximum absolute atomic E-state index is 13.4. The van der Waals surface area contributed by atoms with Crippen molar-refractivity contribution in [2.45, 2.75) is 39.2 Å². The molecular formula is C16H20FN. The van der Waals surface area contributed by atoms with E-state index < -0.39 is 0 Å². The molecule has 0 amide bonds. The first-order valence-corrected chi connectivity index (χ1v) is 6.89. The predicted octanol–water partition coefficient (Wildman–Crippen LogP) is 4.78. The Morgan fingerprint density at radius 2 is 1.78 bits per heavy atom. The molecule has 1 saturated carbocycles. The molecule has 2 unspecified atom stereocenters. The van der Waals surface area contributed by atoms with Crippen LogP contribution in [0.5, 0.6) is 0 Å². The number of hydrogen-bond acceptors (Lipinski definition) is 0. The first-order valence-electron chi connectivity index (χ1n) is 6.89. The summed E-state index contributed by atoms with van der Waals surface area (Å²) in [5.74, 6) is 1.40. The highest BCUT2D eigenvalue weighted by molar-refractivity contribution is 5.80. The molecule has 0 bridgehead atoms. The van der Waals surface area contributed by atoms with Crippen LogP contribution >= 0.6 is 0 Å². The summed E-state index contributed by atoms with van der Waals surface area (Å²) in [4.78, 5) is 0. The van der Waals surface area contributed by atoms with Crippen LogP contribution in [-0.2, 0) is 0 Å². The maximum atomic E-state index is 13.4. The second kappa shape index (κ2) is 4.42. The molecule has 1 aliphatic rings. The number of hydrogen-bond donors (Lipinski definition) is 0. The zero-order valence-electron chi connectivity index (χ0n) is 11.1. The van der Waals surface area contributed by atoms with E-state index in [1.54, 1.807) is 12.1 Å². The van der Waals surface area contributed by atoms with Crippen LogP contribution in [0.4, 0.5) is 4.39 Å². The van der Waals surface area contributed by atoms with E-state index in [1.807, 2.05) is 6.07 Å². The summed E-state index contributed by atoms with van der Waals surface area (Å²) in [5.41, 5.74) is 1.04. The molecule has 0 aliphatic heterocycles. The van der Waals surface area contributed by atoms with Crippen LogP contribution in [0, 0.1) is 17.7 Å². The van der Waals surface area contributed by atoms with Crippen molar-refractivity contribution in [3.8, 4) is 0 Å². The standard InChI is InChI=1S/C16H20FN/c1-11-7-12(2)9-15(8-11)18-6-5-13-3-4-14(17)10-16(13)18/h3-6,10-12,15H,7-9H2,1-2H3. The van der Waals surface area contributed by atoms with Gasteiger partial charge in [-0.2, -0.15) is 0 Å². The first kappa shape index (κ1) is 11.8. The third-order valence-electron chi connectivity index (χ3n) is 4.23. The monoisotopic (exact) mass is 245 g/mol. The molecule has 2 aromatic rings. The van der Waals surface area contributed by atoms with Crippen LogP contribution in [0.3, 0.4) is 0 Å². The number of aromatic nitrogens is 1. The first-order chi connectivity index (χ1) is 8.63. The normalized spacial score (nSPS) is 28.7. The predicted molar refractivity (Wildman–Crippen MR) is 73.1 cm³/mol. The van der Waals surface area contributed by atoms with E-state index >= 15 is 0 Å². The maximum Gasteiger partial charge on any atom is 0.125 e. The van der Waals surface area contributed by atoms with E-state index in [0.29, 0.717) is 6.04 Å². The van der Waals surface area contributed by atoms with Crippen LogP contribution < -0.4 is 0 Å². The quantitative estimate of drug-likeness (QED) is 0.681. The molecule has 3 rings (SSSR count). The van der Waals surface area contributed by atoms with Crippen LogP contribution in [0.2, 0.25) is 0 Å². The topological polar surface area (TPSA) is 4.93 Å². The molecule has 1 aliphatic carbocycles. The Morgan fingerprint density at radius 3 is 2.50 bits per heavy atom. The molecule has 1 aromatic carbocycles. The third kappa shape index (κ3) is 2.05. The summed E-state index contributed by atoms with van der Waals surface area (Å²) in [5, 5.41) is 1.14. The van der Waals surface area contributed by atoms with Gasteiger partial charge < -0.3 is 4.57 Å². The summed E-state index contributed by atoms with van der Waals surface area (Å²) in [6.45, 7) is 4.66. The van der Waals surface area contributed by atoms with Gasteiger partial charge in [-0.1, -0.05) is 13.8 Å². The second-order valence-electron chi connectivity index (χ2n) is 6.00. The van der Waals surface area contributed by atoms with E-state index in [0.717, 1.165) is 22.7 Å². The molecule has 2 atom stereocenters. The highest BCUT2D eigenvalue weighted by atomic mass is 19.1. The minimum atomic E-state index is -0.139. The third-order valence-corrected chi connectivity index (χ3v) is 4.23. The SMILES string of the molecule is CC1CC(C)CC(n2ccc3ccc(F)cc32)C1. The van der Waals surface area contributed by atoms with Gasteiger partial charge in [0.05, 0.1) is 5.52 Å². The molecule has 96 valence electrons. The second-order valence-corrected chi connectivity index (χ2v) is 6.00.